The van der Waals surface area contributed by atoms with Gasteiger partial charge in [-0.15, -0.1) is 0 Å². The van der Waals surface area contributed by atoms with Gasteiger partial charge in [0.25, 0.3) is 5.91 Å². The van der Waals surface area contributed by atoms with Crippen LogP contribution in [0.15, 0.2) is 89.5 Å². The van der Waals surface area contributed by atoms with Crippen molar-refractivity contribution in [3.63, 3.8) is 0 Å². The number of hydrogen-bond acceptors (Lipinski definition) is 3. The average Bonchev–Trinajstić information content (AvgIpc) is 2.81. The quantitative estimate of drug-likeness (QED) is 0.279. The van der Waals surface area contributed by atoms with E-state index in [2.05, 4.69) is 31.5 Å². The van der Waals surface area contributed by atoms with Crippen molar-refractivity contribution in [1.82, 2.24) is 4.98 Å². The van der Waals surface area contributed by atoms with Crippen molar-refractivity contribution in [2.24, 2.45) is 0 Å². The maximum absolute atomic E-state index is 13.0. The van der Waals surface area contributed by atoms with E-state index in [4.69, 9.17) is 0 Å². The molecule has 0 spiro atoms. The van der Waals surface area contributed by atoms with Crippen LogP contribution in [0.2, 0.25) is 0 Å². The molecule has 0 unspecified atom stereocenters. The third kappa shape index (κ3) is 5.46. The second-order valence-electron chi connectivity index (χ2n) is 7.60. The normalized spacial score (nSPS) is 11.2. The molecule has 0 aliphatic carbocycles. The van der Waals surface area contributed by atoms with Crippen molar-refractivity contribution in [3.8, 4) is 11.1 Å². The highest BCUT2D eigenvalue weighted by molar-refractivity contribution is 9.10. The summed E-state index contributed by atoms with van der Waals surface area (Å²) in [5, 5.41) is 5.81. The number of carbonyl (C=O) groups excluding carboxylic acids is 1. The lowest BCUT2D eigenvalue weighted by molar-refractivity contribution is -0.137. The van der Waals surface area contributed by atoms with E-state index in [1.54, 1.807) is 18.3 Å². The molecule has 1 aromatic heterocycles. The predicted molar refractivity (Wildman–Crippen MR) is 131 cm³/mol. The second-order valence-corrected chi connectivity index (χ2v) is 8.46. The van der Waals surface area contributed by atoms with E-state index in [0.29, 0.717) is 11.4 Å². The number of nitrogens with one attached hydrogen (secondary N) is 2. The molecule has 4 rings (SSSR count). The number of halogens is 4. The summed E-state index contributed by atoms with van der Waals surface area (Å²) in [6.07, 6.45) is -2.80. The minimum absolute atomic E-state index is 0.0779. The molecule has 1 amide bonds. The number of amides is 1. The molecule has 0 radical (unpaired) electrons. The first-order valence-corrected chi connectivity index (χ1v) is 11.1. The Labute approximate surface area is 203 Å². The van der Waals surface area contributed by atoms with Crippen molar-refractivity contribution >= 4 is 39.0 Å². The third-order valence-electron chi connectivity index (χ3n) is 5.14. The average molecular weight is 526 g/mol. The van der Waals surface area contributed by atoms with E-state index in [0.717, 1.165) is 39.0 Å². The van der Waals surface area contributed by atoms with Crippen LogP contribution in [0.1, 0.15) is 21.5 Å². The van der Waals surface area contributed by atoms with Crippen LogP contribution >= 0.6 is 15.9 Å². The first-order valence-electron chi connectivity index (χ1n) is 10.3. The van der Waals surface area contributed by atoms with E-state index in [1.807, 2.05) is 49.4 Å². The van der Waals surface area contributed by atoms with Gasteiger partial charge in [-0.1, -0.05) is 24.3 Å². The van der Waals surface area contributed by atoms with E-state index < -0.39 is 17.6 Å². The van der Waals surface area contributed by atoms with Crippen LogP contribution in [0.5, 0.6) is 0 Å². The molecule has 0 aliphatic heterocycles. The smallest absolute Gasteiger partial charge is 0.339 e. The molecule has 8 heteroatoms. The summed E-state index contributed by atoms with van der Waals surface area (Å²) in [7, 11) is 0. The molecule has 0 aliphatic rings. The lowest BCUT2D eigenvalue weighted by atomic mass is 9.97. The van der Waals surface area contributed by atoms with Gasteiger partial charge in [0.2, 0.25) is 0 Å². The number of pyridine rings is 1. The van der Waals surface area contributed by atoms with Gasteiger partial charge in [0.05, 0.1) is 10.0 Å². The zero-order valence-corrected chi connectivity index (χ0v) is 19.5. The van der Waals surface area contributed by atoms with Crippen LogP contribution in [-0.4, -0.2) is 10.9 Å². The van der Waals surface area contributed by atoms with Crippen molar-refractivity contribution in [1.29, 1.82) is 0 Å². The first-order chi connectivity index (χ1) is 16.2. The molecular formula is C26H19BrF3N3O. The summed E-state index contributed by atoms with van der Waals surface area (Å²) in [6.45, 7) is 1.93. The van der Waals surface area contributed by atoms with Crippen LogP contribution < -0.4 is 10.6 Å². The maximum Gasteiger partial charge on any atom is 0.416 e. The van der Waals surface area contributed by atoms with Gasteiger partial charge in [-0.05, 0) is 94.1 Å². The van der Waals surface area contributed by atoms with Gasteiger partial charge in [0.1, 0.15) is 5.82 Å². The Bertz CT molecular complexity index is 1360. The van der Waals surface area contributed by atoms with Gasteiger partial charge in [-0.25, -0.2) is 4.98 Å². The number of anilines is 3. The SMILES string of the molecule is Cc1ccc(C(=O)Nc2cccc(C(F)(F)F)c2)cc1-c1cccc(Nc2ncccc2Br)c1. The van der Waals surface area contributed by atoms with Gasteiger partial charge in [-0.3, -0.25) is 4.79 Å². The number of carbonyl (C=O) groups is 1. The summed E-state index contributed by atoms with van der Waals surface area (Å²) >= 11 is 3.46. The van der Waals surface area contributed by atoms with Crippen molar-refractivity contribution in [3.05, 3.63) is 106 Å². The lowest BCUT2D eigenvalue weighted by Crippen LogP contribution is -2.13. The number of hydrogen-bond donors (Lipinski definition) is 2. The molecule has 1 heterocycles. The number of benzene rings is 3. The molecule has 2 N–H and O–H groups in total. The van der Waals surface area contributed by atoms with Gasteiger partial charge in [0.15, 0.2) is 0 Å². The topological polar surface area (TPSA) is 54.0 Å². The largest absolute Gasteiger partial charge is 0.416 e. The Morgan fingerprint density at radius 3 is 2.44 bits per heavy atom. The predicted octanol–water partition coefficient (Wildman–Crippen LogP) is 7.83. The van der Waals surface area contributed by atoms with Crippen LogP contribution in [0.3, 0.4) is 0 Å². The Hall–Kier alpha value is -3.65. The molecule has 172 valence electrons. The molecule has 0 bridgehead atoms. The molecule has 34 heavy (non-hydrogen) atoms. The highest BCUT2D eigenvalue weighted by Crippen LogP contribution is 2.32. The van der Waals surface area contributed by atoms with Gasteiger partial charge < -0.3 is 10.6 Å². The highest BCUT2D eigenvalue weighted by Gasteiger charge is 2.30. The fourth-order valence-corrected chi connectivity index (χ4v) is 3.78. The fraction of sp³-hybridized carbons (Fsp3) is 0.0769. The molecule has 4 aromatic rings. The molecule has 4 nitrogen and oxygen atoms in total. The molecule has 0 saturated heterocycles. The summed E-state index contributed by atoms with van der Waals surface area (Å²) in [6, 6.07) is 21.1. The Balaban J connectivity index is 1.59. The van der Waals surface area contributed by atoms with Crippen molar-refractivity contribution in [2.75, 3.05) is 10.6 Å². The molecule has 0 atom stereocenters. The highest BCUT2D eigenvalue weighted by atomic mass is 79.9. The minimum Gasteiger partial charge on any atom is -0.339 e. The lowest BCUT2D eigenvalue weighted by Gasteiger charge is -2.13. The standard InChI is InChI=1S/C26H19BrF3N3O/c1-16-10-11-18(25(34)33-21-8-3-6-19(15-21)26(28,29)30)14-22(16)17-5-2-7-20(13-17)32-24-23(27)9-4-12-31-24/h2-15H,1H3,(H,31,32)(H,33,34). The van der Waals surface area contributed by atoms with Crippen LogP contribution in [0.25, 0.3) is 11.1 Å². The fourth-order valence-electron chi connectivity index (χ4n) is 3.43. The zero-order chi connectivity index (χ0) is 24.3. The maximum atomic E-state index is 13.0. The number of rotatable bonds is 5. The van der Waals surface area contributed by atoms with Gasteiger partial charge >= 0.3 is 6.18 Å². The number of alkyl halides is 3. The minimum atomic E-state index is -4.48. The monoisotopic (exact) mass is 525 g/mol. The number of aryl methyl sites for hydroxylation is 1. The zero-order valence-electron chi connectivity index (χ0n) is 18.0. The van der Waals surface area contributed by atoms with Gasteiger partial charge in [0, 0.05) is 23.1 Å². The van der Waals surface area contributed by atoms with Crippen LogP contribution in [0, 0.1) is 6.92 Å². The molecule has 3 aromatic carbocycles. The van der Waals surface area contributed by atoms with E-state index in [-0.39, 0.29) is 5.69 Å². The molecule has 0 fully saturated rings. The summed E-state index contributed by atoms with van der Waals surface area (Å²) < 4.78 is 39.8. The Morgan fingerprint density at radius 2 is 1.68 bits per heavy atom. The second kappa shape index (κ2) is 9.69. The van der Waals surface area contributed by atoms with E-state index in [9.17, 15) is 18.0 Å². The van der Waals surface area contributed by atoms with E-state index in [1.165, 1.54) is 12.1 Å². The molecule has 0 saturated carbocycles. The summed E-state index contributed by atoms with van der Waals surface area (Å²) in [5.74, 6) is 0.179. The van der Waals surface area contributed by atoms with Gasteiger partial charge in [-0.2, -0.15) is 13.2 Å². The Morgan fingerprint density at radius 1 is 0.912 bits per heavy atom. The first kappa shape index (κ1) is 23.5. The van der Waals surface area contributed by atoms with Crippen molar-refractivity contribution in [2.45, 2.75) is 13.1 Å². The van der Waals surface area contributed by atoms with Crippen LogP contribution in [0.4, 0.5) is 30.4 Å². The summed E-state index contributed by atoms with van der Waals surface area (Å²) in [4.78, 5) is 17.1. The number of nitrogens with zero attached hydrogens (tertiary/aromatic N) is 1. The van der Waals surface area contributed by atoms with E-state index >= 15 is 0 Å². The van der Waals surface area contributed by atoms with Crippen molar-refractivity contribution < 1.29 is 18.0 Å². The molecular weight excluding hydrogens is 507 g/mol. The van der Waals surface area contributed by atoms with Crippen LogP contribution in [-0.2, 0) is 6.18 Å². The number of aromatic nitrogens is 1. The summed E-state index contributed by atoms with van der Waals surface area (Å²) in [5.41, 5.74) is 3.07. The Kier molecular flexibility index (Phi) is 6.70. The third-order valence-corrected chi connectivity index (χ3v) is 5.78.